The van der Waals surface area contributed by atoms with E-state index in [9.17, 15) is 4.79 Å². The van der Waals surface area contributed by atoms with Gasteiger partial charge in [0.05, 0.1) is 6.10 Å². The highest BCUT2D eigenvalue weighted by molar-refractivity contribution is 7.07. The average Bonchev–Trinajstić information content (AvgIpc) is 3.15. The minimum absolute atomic E-state index is 0.0648. The van der Waals surface area contributed by atoms with E-state index in [1.165, 1.54) is 11.1 Å². The summed E-state index contributed by atoms with van der Waals surface area (Å²) in [6.45, 7) is 3.45. The molecule has 128 valence electrons. The number of nitrogens with one attached hydrogen (secondary N) is 2. The number of carbonyl (C=O) groups excluding carboxylic acids is 1. The molecular weight excluding hydrogens is 320 g/mol. The molecule has 0 spiro atoms. The molecule has 2 aromatic rings. The van der Waals surface area contributed by atoms with Gasteiger partial charge in [-0.25, -0.2) is 4.79 Å². The number of hydrogen-bond donors (Lipinski definition) is 2. The first kappa shape index (κ1) is 17.0. The minimum atomic E-state index is -0.0872. The summed E-state index contributed by atoms with van der Waals surface area (Å²) in [6, 6.07) is 12.4. The molecule has 0 saturated carbocycles. The molecule has 2 amide bonds. The van der Waals surface area contributed by atoms with Gasteiger partial charge in [-0.05, 0) is 46.7 Å². The van der Waals surface area contributed by atoms with E-state index in [1.807, 2.05) is 18.2 Å². The number of hydrogen-bond acceptors (Lipinski definition) is 3. The van der Waals surface area contributed by atoms with Crippen LogP contribution in [-0.2, 0) is 4.74 Å². The fourth-order valence-corrected chi connectivity index (χ4v) is 3.77. The second kappa shape index (κ2) is 8.31. The summed E-state index contributed by atoms with van der Waals surface area (Å²) in [5, 5.41) is 10.3. The van der Waals surface area contributed by atoms with Crippen LogP contribution in [0.15, 0.2) is 47.2 Å². The highest BCUT2D eigenvalue weighted by Gasteiger charge is 2.25. The van der Waals surface area contributed by atoms with E-state index in [2.05, 4.69) is 46.5 Å². The molecule has 3 rings (SSSR count). The second-order valence-corrected chi connectivity index (χ2v) is 7.08. The highest BCUT2D eigenvalue weighted by atomic mass is 32.1. The van der Waals surface area contributed by atoms with Gasteiger partial charge in [0, 0.05) is 19.2 Å². The van der Waals surface area contributed by atoms with E-state index in [0.717, 1.165) is 12.8 Å². The van der Waals surface area contributed by atoms with Gasteiger partial charge in [0.2, 0.25) is 0 Å². The predicted molar refractivity (Wildman–Crippen MR) is 97.4 cm³/mol. The monoisotopic (exact) mass is 344 g/mol. The van der Waals surface area contributed by atoms with Gasteiger partial charge < -0.3 is 15.4 Å². The smallest absolute Gasteiger partial charge is 0.315 e. The summed E-state index contributed by atoms with van der Waals surface area (Å²) >= 11 is 1.69. The number of carbonyl (C=O) groups is 1. The van der Waals surface area contributed by atoms with Crippen molar-refractivity contribution in [1.29, 1.82) is 0 Å². The zero-order valence-corrected chi connectivity index (χ0v) is 14.7. The van der Waals surface area contributed by atoms with E-state index in [4.69, 9.17) is 4.74 Å². The Hall–Kier alpha value is -1.85. The van der Waals surface area contributed by atoms with E-state index in [0.29, 0.717) is 19.1 Å². The fourth-order valence-electron chi connectivity index (χ4n) is 2.98. The average molecular weight is 344 g/mol. The SMILES string of the molecule is C[C@H](CNC(=O)N[C@@H]1CCO[C@H](c2ccccc2)C1)c1ccsc1. The summed E-state index contributed by atoms with van der Waals surface area (Å²) in [5.41, 5.74) is 2.45. The topological polar surface area (TPSA) is 50.4 Å². The number of rotatable bonds is 5. The van der Waals surface area contributed by atoms with Crippen LogP contribution >= 0.6 is 11.3 Å². The molecule has 1 aromatic heterocycles. The van der Waals surface area contributed by atoms with Crippen LogP contribution in [0.4, 0.5) is 4.79 Å². The molecule has 0 unspecified atom stereocenters. The zero-order chi connectivity index (χ0) is 16.8. The molecule has 24 heavy (non-hydrogen) atoms. The first-order chi connectivity index (χ1) is 11.7. The summed E-state index contributed by atoms with van der Waals surface area (Å²) < 4.78 is 5.85. The molecule has 3 atom stereocenters. The van der Waals surface area contributed by atoms with Crippen LogP contribution in [-0.4, -0.2) is 25.2 Å². The Morgan fingerprint density at radius 2 is 2.17 bits per heavy atom. The number of thiophene rings is 1. The Labute approximate surface area is 147 Å². The molecule has 2 heterocycles. The lowest BCUT2D eigenvalue weighted by Gasteiger charge is -2.30. The summed E-state index contributed by atoms with van der Waals surface area (Å²) in [5.74, 6) is 0.328. The zero-order valence-electron chi connectivity index (χ0n) is 13.9. The van der Waals surface area contributed by atoms with Gasteiger partial charge in [-0.2, -0.15) is 11.3 Å². The van der Waals surface area contributed by atoms with E-state index in [1.54, 1.807) is 11.3 Å². The number of amides is 2. The lowest BCUT2D eigenvalue weighted by Crippen LogP contribution is -2.45. The summed E-state index contributed by atoms with van der Waals surface area (Å²) in [6.07, 6.45) is 1.74. The van der Waals surface area contributed by atoms with Crippen LogP contribution in [0.3, 0.4) is 0 Å². The largest absolute Gasteiger partial charge is 0.373 e. The highest BCUT2D eigenvalue weighted by Crippen LogP contribution is 2.27. The van der Waals surface area contributed by atoms with E-state index < -0.39 is 0 Å². The number of benzene rings is 1. The Morgan fingerprint density at radius 1 is 1.33 bits per heavy atom. The summed E-state index contributed by atoms with van der Waals surface area (Å²) in [4.78, 5) is 12.2. The summed E-state index contributed by atoms with van der Waals surface area (Å²) in [7, 11) is 0. The molecule has 2 N–H and O–H groups in total. The van der Waals surface area contributed by atoms with Crippen molar-refractivity contribution in [2.24, 2.45) is 0 Å². The van der Waals surface area contributed by atoms with Crippen molar-refractivity contribution in [2.45, 2.75) is 37.8 Å². The van der Waals surface area contributed by atoms with Crippen molar-refractivity contribution in [3.05, 3.63) is 58.3 Å². The molecule has 1 saturated heterocycles. The van der Waals surface area contributed by atoms with Gasteiger partial charge in [0.15, 0.2) is 0 Å². The first-order valence-corrected chi connectivity index (χ1v) is 9.39. The van der Waals surface area contributed by atoms with Crippen molar-refractivity contribution >= 4 is 17.4 Å². The molecule has 1 aromatic carbocycles. The van der Waals surface area contributed by atoms with E-state index in [-0.39, 0.29) is 18.2 Å². The Balaban J connectivity index is 1.46. The third-order valence-corrected chi connectivity index (χ3v) is 5.17. The Bertz CT molecular complexity index is 630. The molecule has 1 fully saturated rings. The minimum Gasteiger partial charge on any atom is -0.373 e. The predicted octanol–water partition coefficient (Wildman–Crippen LogP) is 4.07. The fraction of sp³-hybridized carbons (Fsp3) is 0.421. The Kier molecular flexibility index (Phi) is 5.88. The van der Waals surface area contributed by atoms with Crippen LogP contribution in [0, 0.1) is 0 Å². The maximum absolute atomic E-state index is 12.2. The molecule has 0 radical (unpaired) electrons. The van der Waals surface area contributed by atoms with Crippen LogP contribution in [0.2, 0.25) is 0 Å². The third kappa shape index (κ3) is 4.58. The van der Waals surface area contributed by atoms with Gasteiger partial charge in [-0.3, -0.25) is 0 Å². The van der Waals surface area contributed by atoms with Crippen molar-refractivity contribution in [3.8, 4) is 0 Å². The lowest BCUT2D eigenvalue weighted by molar-refractivity contribution is 0.00226. The molecule has 5 heteroatoms. The standard InChI is InChI=1S/C19H24N2O2S/c1-14(16-8-10-24-13-16)12-20-19(22)21-17-7-9-23-18(11-17)15-5-3-2-4-6-15/h2-6,8,10,13-14,17-18H,7,9,11-12H2,1H3,(H2,20,21,22)/t14-,17-,18+/m1/s1. The van der Waals surface area contributed by atoms with Crippen molar-refractivity contribution < 1.29 is 9.53 Å². The van der Waals surface area contributed by atoms with Gasteiger partial charge in [-0.1, -0.05) is 37.3 Å². The number of urea groups is 1. The molecule has 0 bridgehead atoms. The van der Waals surface area contributed by atoms with Gasteiger partial charge in [-0.15, -0.1) is 0 Å². The Morgan fingerprint density at radius 3 is 2.92 bits per heavy atom. The van der Waals surface area contributed by atoms with Crippen LogP contribution in [0.5, 0.6) is 0 Å². The maximum atomic E-state index is 12.2. The molecule has 0 aliphatic carbocycles. The lowest BCUT2D eigenvalue weighted by atomic mass is 9.97. The maximum Gasteiger partial charge on any atom is 0.315 e. The molecule has 1 aliphatic heterocycles. The quantitative estimate of drug-likeness (QED) is 0.859. The molecule has 1 aliphatic rings. The molecular formula is C19H24N2O2S. The normalized spacial score (nSPS) is 21.9. The van der Waals surface area contributed by atoms with Crippen molar-refractivity contribution in [3.63, 3.8) is 0 Å². The van der Waals surface area contributed by atoms with Crippen LogP contribution in [0.25, 0.3) is 0 Å². The first-order valence-electron chi connectivity index (χ1n) is 8.45. The van der Waals surface area contributed by atoms with Gasteiger partial charge in [0.1, 0.15) is 0 Å². The van der Waals surface area contributed by atoms with Crippen LogP contribution < -0.4 is 10.6 Å². The third-order valence-electron chi connectivity index (χ3n) is 4.47. The number of ether oxygens (including phenoxy) is 1. The van der Waals surface area contributed by atoms with Crippen molar-refractivity contribution in [2.75, 3.05) is 13.2 Å². The van der Waals surface area contributed by atoms with E-state index >= 15 is 0 Å². The van der Waals surface area contributed by atoms with Crippen molar-refractivity contribution in [1.82, 2.24) is 10.6 Å². The molecule has 4 nitrogen and oxygen atoms in total. The van der Waals surface area contributed by atoms with Crippen LogP contribution in [0.1, 0.15) is 42.9 Å². The van der Waals surface area contributed by atoms with Gasteiger partial charge >= 0.3 is 6.03 Å². The van der Waals surface area contributed by atoms with Gasteiger partial charge in [0.25, 0.3) is 0 Å². The second-order valence-electron chi connectivity index (χ2n) is 6.30.